The molecule has 0 spiro atoms. The van der Waals surface area contributed by atoms with Gasteiger partial charge < -0.3 is 20.1 Å². The van der Waals surface area contributed by atoms with Crippen LogP contribution in [0.25, 0.3) is 10.6 Å². The minimum Gasteiger partial charge on any atom is -0.497 e. The van der Waals surface area contributed by atoms with Crippen LogP contribution < -0.4 is 10.5 Å². The number of primary amides is 1. The van der Waals surface area contributed by atoms with Crippen molar-refractivity contribution >= 4 is 23.3 Å². The van der Waals surface area contributed by atoms with E-state index in [0.29, 0.717) is 25.9 Å². The third-order valence-electron chi connectivity index (χ3n) is 4.39. The Hall–Kier alpha value is -2.61. The number of hydrogen-bond donors (Lipinski definition) is 1. The van der Waals surface area contributed by atoms with E-state index in [-0.39, 0.29) is 18.5 Å². The fourth-order valence-corrected chi connectivity index (χ4v) is 3.65. The van der Waals surface area contributed by atoms with Gasteiger partial charge in [0.05, 0.1) is 18.7 Å². The molecule has 0 saturated carbocycles. The van der Waals surface area contributed by atoms with Crippen LogP contribution in [0.3, 0.4) is 0 Å². The normalized spacial score (nSPS) is 14.9. The zero-order valence-electron chi connectivity index (χ0n) is 14.5. The molecule has 0 bridgehead atoms. The number of urea groups is 1. The molecule has 138 valence electrons. The summed E-state index contributed by atoms with van der Waals surface area (Å²) in [7, 11) is 1.63. The molecule has 2 amide bonds. The SMILES string of the molecule is COc1ccc(-c2nc(COC(=O)C3CCN(C(N)=O)CC3)cs2)cc1. The van der Waals surface area contributed by atoms with E-state index >= 15 is 0 Å². The molecular weight excluding hydrogens is 354 g/mol. The number of ether oxygens (including phenoxy) is 2. The average molecular weight is 375 g/mol. The molecule has 0 unspecified atom stereocenters. The van der Waals surface area contributed by atoms with Gasteiger partial charge in [-0.1, -0.05) is 0 Å². The lowest BCUT2D eigenvalue weighted by Gasteiger charge is -2.29. The van der Waals surface area contributed by atoms with E-state index in [1.807, 2.05) is 29.6 Å². The van der Waals surface area contributed by atoms with Crippen LogP contribution in [0.2, 0.25) is 0 Å². The van der Waals surface area contributed by atoms with Gasteiger partial charge in [-0.25, -0.2) is 9.78 Å². The third-order valence-corrected chi connectivity index (χ3v) is 5.33. The number of rotatable bonds is 5. The molecule has 0 radical (unpaired) electrons. The van der Waals surface area contributed by atoms with Crippen molar-refractivity contribution < 1.29 is 19.1 Å². The van der Waals surface area contributed by atoms with Crippen molar-refractivity contribution in [3.63, 3.8) is 0 Å². The first-order valence-electron chi connectivity index (χ1n) is 8.36. The van der Waals surface area contributed by atoms with Crippen molar-refractivity contribution in [2.75, 3.05) is 20.2 Å². The van der Waals surface area contributed by atoms with Crippen LogP contribution in [0, 0.1) is 5.92 Å². The topological polar surface area (TPSA) is 94.8 Å². The van der Waals surface area contributed by atoms with Gasteiger partial charge in [0.15, 0.2) is 0 Å². The number of carbonyl (C=O) groups is 2. The Bertz CT molecular complexity index is 767. The molecule has 1 aromatic heterocycles. The predicted molar refractivity (Wildman–Crippen MR) is 97.8 cm³/mol. The number of nitrogens with two attached hydrogens (primary N) is 1. The molecule has 2 heterocycles. The first-order chi connectivity index (χ1) is 12.6. The number of hydrogen-bond acceptors (Lipinski definition) is 6. The van der Waals surface area contributed by atoms with Crippen LogP contribution in [0.5, 0.6) is 5.75 Å². The van der Waals surface area contributed by atoms with Crippen molar-refractivity contribution in [3.8, 4) is 16.3 Å². The highest BCUT2D eigenvalue weighted by Crippen LogP contribution is 2.26. The molecule has 1 aliphatic heterocycles. The largest absolute Gasteiger partial charge is 0.497 e. The molecule has 2 aromatic rings. The Morgan fingerprint density at radius 1 is 1.27 bits per heavy atom. The number of esters is 1. The summed E-state index contributed by atoms with van der Waals surface area (Å²) in [5.41, 5.74) is 6.97. The van der Waals surface area contributed by atoms with Crippen LogP contribution in [0.1, 0.15) is 18.5 Å². The zero-order valence-corrected chi connectivity index (χ0v) is 15.3. The highest BCUT2D eigenvalue weighted by molar-refractivity contribution is 7.13. The van der Waals surface area contributed by atoms with Crippen molar-refractivity contribution in [1.82, 2.24) is 9.88 Å². The van der Waals surface area contributed by atoms with Crippen LogP contribution in [-0.2, 0) is 16.1 Å². The molecule has 1 aliphatic rings. The Labute approximate surface area is 155 Å². The van der Waals surface area contributed by atoms with E-state index in [9.17, 15) is 9.59 Å². The molecule has 3 rings (SSSR count). The first kappa shape index (κ1) is 18.2. The number of benzene rings is 1. The number of piperidine rings is 1. The second-order valence-corrected chi connectivity index (χ2v) is 6.94. The fourth-order valence-electron chi connectivity index (χ4n) is 2.84. The van der Waals surface area contributed by atoms with Gasteiger partial charge in [-0.2, -0.15) is 0 Å². The Balaban J connectivity index is 1.51. The minimum atomic E-state index is -0.439. The van der Waals surface area contributed by atoms with Crippen LogP contribution >= 0.6 is 11.3 Å². The monoisotopic (exact) mass is 375 g/mol. The van der Waals surface area contributed by atoms with Crippen molar-refractivity contribution in [3.05, 3.63) is 35.3 Å². The molecule has 0 atom stereocenters. The third kappa shape index (κ3) is 4.32. The summed E-state index contributed by atoms with van der Waals surface area (Å²) in [4.78, 5) is 29.4. The number of aromatic nitrogens is 1. The smallest absolute Gasteiger partial charge is 0.314 e. The van der Waals surface area contributed by atoms with E-state index in [1.165, 1.54) is 11.3 Å². The first-order valence-corrected chi connectivity index (χ1v) is 9.24. The summed E-state index contributed by atoms with van der Waals surface area (Å²) < 4.78 is 10.5. The maximum atomic E-state index is 12.2. The summed E-state index contributed by atoms with van der Waals surface area (Å²) in [6, 6.07) is 7.22. The van der Waals surface area contributed by atoms with E-state index in [0.717, 1.165) is 22.0 Å². The average Bonchev–Trinajstić information content (AvgIpc) is 3.15. The lowest BCUT2D eigenvalue weighted by Crippen LogP contribution is -2.43. The summed E-state index contributed by atoms with van der Waals surface area (Å²) in [6.07, 6.45) is 1.16. The molecule has 26 heavy (non-hydrogen) atoms. The van der Waals surface area contributed by atoms with E-state index in [2.05, 4.69) is 4.98 Å². The quantitative estimate of drug-likeness (QED) is 0.811. The molecule has 1 saturated heterocycles. The van der Waals surface area contributed by atoms with Crippen LogP contribution in [-0.4, -0.2) is 42.1 Å². The number of nitrogens with zero attached hydrogens (tertiary/aromatic N) is 2. The molecule has 7 nitrogen and oxygen atoms in total. The molecule has 0 aliphatic carbocycles. The lowest BCUT2D eigenvalue weighted by molar-refractivity contribution is -0.151. The summed E-state index contributed by atoms with van der Waals surface area (Å²) in [5.74, 6) is 0.361. The fraction of sp³-hybridized carbons (Fsp3) is 0.389. The maximum absolute atomic E-state index is 12.2. The van der Waals surface area contributed by atoms with Gasteiger partial charge in [0.2, 0.25) is 0 Å². The van der Waals surface area contributed by atoms with Gasteiger partial charge in [-0.3, -0.25) is 4.79 Å². The highest BCUT2D eigenvalue weighted by atomic mass is 32.1. The Kier molecular flexibility index (Phi) is 5.72. The molecule has 8 heteroatoms. The van der Waals surface area contributed by atoms with Gasteiger partial charge in [0, 0.05) is 24.0 Å². The van der Waals surface area contributed by atoms with E-state index < -0.39 is 6.03 Å². The zero-order chi connectivity index (χ0) is 18.5. The molecule has 1 fully saturated rings. The molecule has 1 aromatic carbocycles. The Morgan fingerprint density at radius 3 is 2.58 bits per heavy atom. The Morgan fingerprint density at radius 2 is 1.96 bits per heavy atom. The van der Waals surface area contributed by atoms with Crippen molar-refractivity contribution in [1.29, 1.82) is 0 Å². The maximum Gasteiger partial charge on any atom is 0.314 e. The lowest BCUT2D eigenvalue weighted by atomic mass is 9.97. The van der Waals surface area contributed by atoms with Gasteiger partial charge in [0.1, 0.15) is 17.4 Å². The number of carbonyl (C=O) groups excluding carboxylic acids is 2. The summed E-state index contributed by atoms with van der Waals surface area (Å²) in [6.45, 7) is 1.14. The van der Waals surface area contributed by atoms with Gasteiger partial charge in [-0.05, 0) is 37.1 Å². The van der Waals surface area contributed by atoms with Crippen molar-refractivity contribution in [2.45, 2.75) is 19.4 Å². The highest BCUT2D eigenvalue weighted by Gasteiger charge is 2.27. The van der Waals surface area contributed by atoms with Gasteiger partial charge in [0.25, 0.3) is 0 Å². The van der Waals surface area contributed by atoms with E-state index in [4.69, 9.17) is 15.2 Å². The predicted octanol–water partition coefficient (Wildman–Crippen LogP) is 2.65. The minimum absolute atomic E-state index is 0.154. The summed E-state index contributed by atoms with van der Waals surface area (Å²) >= 11 is 1.51. The van der Waals surface area contributed by atoms with Gasteiger partial charge >= 0.3 is 12.0 Å². The number of methoxy groups -OCH3 is 1. The van der Waals surface area contributed by atoms with Gasteiger partial charge in [-0.15, -0.1) is 11.3 Å². The van der Waals surface area contributed by atoms with Crippen molar-refractivity contribution in [2.24, 2.45) is 11.7 Å². The summed E-state index contributed by atoms with van der Waals surface area (Å²) in [5, 5.41) is 2.76. The standard InChI is InChI=1S/C18H21N3O4S/c1-24-15-4-2-12(3-5-15)16-20-14(11-26-16)10-25-17(22)13-6-8-21(9-7-13)18(19)23/h2-5,11,13H,6-10H2,1H3,(H2,19,23). The second kappa shape index (κ2) is 8.18. The second-order valence-electron chi connectivity index (χ2n) is 6.08. The molecule has 2 N–H and O–H groups in total. The number of amides is 2. The van der Waals surface area contributed by atoms with Crippen LogP contribution in [0.15, 0.2) is 29.6 Å². The number of thiazole rings is 1. The number of likely N-dealkylation sites (tertiary alicyclic amines) is 1. The van der Waals surface area contributed by atoms with Crippen LogP contribution in [0.4, 0.5) is 4.79 Å². The molecular formula is C18H21N3O4S. The van der Waals surface area contributed by atoms with E-state index in [1.54, 1.807) is 12.0 Å².